The average Bonchev–Trinajstić information content (AvgIpc) is 2.51. The van der Waals surface area contributed by atoms with Gasteiger partial charge in [0.2, 0.25) is 0 Å². The van der Waals surface area contributed by atoms with Gasteiger partial charge in [-0.2, -0.15) is 0 Å². The minimum absolute atomic E-state index is 0.0624. The second-order valence-electron chi connectivity index (χ2n) is 10.8. The molecular weight excluding hydrogens is 398 g/mol. The Morgan fingerprint density at radius 2 is 1.27 bits per heavy atom. The zero-order valence-electron chi connectivity index (χ0n) is 19.8. The maximum atomic E-state index is 11.3. The Morgan fingerprint density at radius 3 is 1.57 bits per heavy atom. The first-order valence-electron chi connectivity index (χ1n) is 10.0. The molecule has 1 N–H and O–H groups in total. The van der Waals surface area contributed by atoms with Gasteiger partial charge in [0.05, 0.1) is 26.0 Å². The van der Waals surface area contributed by atoms with E-state index >= 15 is 0 Å². The van der Waals surface area contributed by atoms with E-state index in [2.05, 4.69) is 51.5 Å². The van der Waals surface area contributed by atoms with Gasteiger partial charge in [0.1, 0.15) is 22.4 Å². The molecule has 6 heteroatoms. The molecule has 0 spiro atoms. The lowest BCUT2D eigenvalue weighted by Crippen LogP contribution is -2.33. The third-order valence-electron chi connectivity index (χ3n) is 4.49. The highest BCUT2D eigenvalue weighted by Gasteiger charge is 2.27. The molecule has 0 unspecified atom stereocenters. The van der Waals surface area contributed by atoms with E-state index < -0.39 is 20.9 Å². The number of phenolic OH excluding ortho intramolecular Hbond substituents is 1. The van der Waals surface area contributed by atoms with E-state index in [9.17, 15) is 18.1 Å². The van der Waals surface area contributed by atoms with Crippen molar-refractivity contribution in [2.75, 3.05) is 21.1 Å². The second-order valence-corrected chi connectivity index (χ2v) is 12.1. The molecule has 0 atom stereocenters. The first-order valence-corrected chi connectivity index (χ1v) is 11.4. The van der Waals surface area contributed by atoms with Crippen LogP contribution >= 0.6 is 0 Å². The lowest BCUT2D eigenvalue weighted by Gasteiger charge is -2.28. The van der Waals surface area contributed by atoms with Gasteiger partial charge in [-0.25, -0.2) is 8.42 Å². The molecule has 0 saturated carbocycles. The molecule has 0 aromatic heterocycles. The highest BCUT2D eigenvalue weighted by Crippen LogP contribution is 2.40. The largest absolute Gasteiger partial charge is 0.744 e. The molecule has 0 aliphatic carbocycles. The number of phenols is 1. The zero-order chi connectivity index (χ0) is 23.5. The van der Waals surface area contributed by atoms with Gasteiger partial charge in [0, 0.05) is 16.7 Å². The van der Waals surface area contributed by atoms with E-state index in [4.69, 9.17) is 0 Å². The molecule has 0 aliphatic heterocycles. The van der Waals surface area contributed by atoms with Gasteiger partial charge in [0.15, 0.2) is 0 Å². The van der Waals surface area contributed by atoms with Crippen LogP contribution in [-0.4, -0.2) is 43.7 Å². The molecule has 2 rings (SSSR count). The van der Waals surface area contributed by atoms with Crippen LogP contribution in [0.5, 0.6) is 5.75 Å². The molecule has 0 fully saturated rings. The van der Waals surface area contributed by atoms with Crippen molar-refractivity contribution >= 4 is 10.1 Å². The van der Waals surface area contributed by atoms with Crippen molar-refractivity contribution < 1.29 is 22.6 Å². The average molecular weight is 436 g/mol. The van der Waals surface area contributed by atoms with Gasteiger partial charge in [0.25, 0.3) is 0 Å². The van der Waals surface area contributed by atoms with Crippen molar-refractivity contribution in [3.8, 4) is 5.75 Å². The number of aromatic hydroxyl groups is 1. The van der Waals surface area contributed by atoms with Crippen LogP contribution in [-0.2, 0) is 27.5 Å². The normalized spacial score (nSPS) is 12.9. The summed E-state index contributed by atoms with van der Waals surface area (Å²) in [7, 11) is 2.06. The molecule has 30 heavy (non-hydrogen) atoms. The van der Waals surface area contributed by atoms with E-state index in [1.807, 2.05) is 41.5 Å². The predicted molar refractivity (Wildman–Crippen MR) is 122 cm³/mol. The molecule has 168 valence electrons. The molecule has 0 radical (unpaired) electrons. The Bertz CT molecular complexity index is 910. The van der Waals surface area contributed by atoms with Crippen molar-refractivity contribution in [1.29, 1.82) is 0 Å². The first-order chi connectivity index (χ1) is 13.3. The van der Waals surface area contributed by atoms with Crippen molar-refractivity contribution in [3.05, 3.63) is 59.2 Å². The Kier molecular flexibility index (Phi) is 7.92. The summed E-state index contributed by atoms with van der Waals surface area (Å²) in [6, 6.07) is 13.1. The minimum atomic E-state index is -4.55. The Morgan fingerprint density at radius 1 is 0.867 bits per heavy atom. The van der Waals surface area contributed by atoms with Crippen LogP contribution in [0.25, 0.3) is 0 Å². The van der Waals surface area contributed by atoms with Crippen molar-refractivity contribution in [1.82, 2.24) is 0 Å². The van der Waals surface area contributed by atoms with Gasteiger partial charge in [-0.15, -0.1) is 0 Å². The van der Waals surface area contributed by atoms with Gasteiger partial charge in [-0.05, 0) is 23.0 Å². The second kappa shape index (κ2) is 9.08. The molecule has 0 heterocycles. The van der Waals surface area contributed by atoms with E-state index in [0.717, 1.165) is 11.0 Å². The molecule has 0 amide bonds. The summed E-state index contributed by atoms with van der Waals surface area (Å²) in [6.07, 6.45) is 0. The molecule has 0 bridgehead atoms. The smallest absolute Gasteiger partial charge is 0.124 e. The molecule has 0 saturated heterocycles. The summed E-state index contributed by atoms with van der Waals surface area (Å²) < 4.78 is 34.8. The van der Waals surface area contributed by atoms with Gasteiger partial charge in [-0.1, -0.05) is 71.9 Å². The third-order valence-corrected chi connectivity index (χ3v) is 5.30. The lowest BCUT2D eigenvalue weighted by atomic mass is 9.79. The Hall–Kier alpha value is -1.89. The number of hydrogen-bond acceptors (Lipinski definition) is 4. The maximum absolute atomic E-state index is 11.3. The number of hydrogen-bond donors (Lipinski definition) is 1. The van der Waals surface area contributed by atoms with Crippen LogP contribution in [0, 0.1) is 0 Å². The van der Waals surface area contributed by atoms with E-state index in [1.165, 1.54) is 17.7 Å². The number of benzene rings is 2. The monoisotopic (exact) mass is 435 g/mol. The van der Waals surface area contributed by atoms with Crippen LogP contribution in [0.1, 0.15) is 58.2 Å². The van der Waals surface area contributed by atoms with Gasteiger partial charge < -0.3 is 14.1 Å². The molecule has 2 aromatic rings. The van der Waals surface area contributed by atoms with Crippen molar-refractivity contribution in [2.45, 2.75) is 63.8 Å². The minimum Gasteiger partial charge on any atom is -0.744 e. The summed E-state index contributed by atoms with van der Waals surface area (Å²) in [5, 5.41) is 10.4. The molecule has 5 nitrogen and oxygen atoms in total. The number of nitrogens with zero attached hydrogens (tertiary/aromatic N) is 1. The van der Waals surface area contributed by atoms with Crippen LogP contribution in [0.3, 0.4) is 0 Å². The summed E-state index contributed by atoms with van der Waals surface area (Å²) in [5.41, 5.74) is 1.43. The van der Waals surface area contributed by atoms with Crippen molar-refractivity contribution in [2.24, 2.45) is 0 Å². The topological polar surface area (TPSA) is 77.4 Å². The Balaban J connectivity index is 0.000000346. The summed E-state index contributed by atoms with van der Waals surface area (Å²) in [6.45, 7) is 12.2. The fourth-order valence-corrected chi connectivity index (χ4v) is 3.55. The molecule has 0 aliphatic rings. The predicted octanol–water partition coefficient (Wildman–Crippen LogP) is 4.78. The molecule has 2 aromatic carbocycles. The summed E-state index contributed by atoms with van der Waals surface area (Å²) in [4.78, 5) is -0.292. The van der Waals surface area contributed by atoms with Crippen LogP contribution in [0.2, 0.25) is 0 Å². The highest BCUT2D eigenvalue weighted by molar-refractivity contribution is 7.85. The van der Waals surface area contributed by atoms with E-state index in [0.29, 0.717) is 11.1 Å². The van der Waals surface area contributed by atoms with Crippen LogP contribution in [0.15, 0.2) is 47.4 Å². The van der Waals surface area contributed by atoms with Gasteiger partial charge >= 0.3 is 0 Å². The van der Waals surface area contributed by atoms with Gasteiger partial charge in [-0.3, -0.25) is 0 Å². The number of rotatable bonds is 3. The standard InChI is InChI=1S/C14H22O4S.C10H16N/c1-13(2,3)10-7-9(19(16,17)18)8-11(12(10)15)14(4,5)6;1-11(2,3)9-10-7-5-4-6-8-10/h7-8,15H,1-6H3,(H,16,17,18);4-8H,9H2,1-3H3/q;+1/p-1. The quantitative estimate of drug-likeness (QED) is 0.556. The Labute approximate surface area is 182 Å². The highest BCUT2D eigenvalue weighted by atomic mass is 32.2. The maximum Gasteiger partial charge on any atom is 0.124 e. The van der Waals surface area contributed by atoms with E-state index in [1.54, 1.807) is 0 Å². The fourth-order valence-electron chi connectivity index (χ4n) is 3.03. The van der Waals surface area contributed by atoms with Crippen LogP contribution in [0.4, 0.5) is 0 Å². The summed E-state index contributed by atoms with van der Waals surface area (Å²) in [5.74, 6) is 0.0624. The van der Waals surface area contributed by atoms with E-state index in [-0.39, 0.29) is 10.6 Å². The molecular formula is C24H37NO4S. The number of quaternary nitrogens is 1. The third kappa shape index (κ3) is 8.09. The summed E-state index contributed by atoms with van der Waals surface area (Å²) >= 11 is 0. The fraction of sp³-hybridized carbons (Fsp3) is 0.500. The SMILES string of the molecule is CC(C)(C)c1cc(S(=O)(=O)[O-])cc(C(C)(C)C)c1O.C[N+](C)(C)Cc1ccccc1. The van der Waals surface area contributed by atoms with Crippen molar-refractivity contribution in [3.63, 3.8) is 0 Å². The zero-order valence-corrected chi connectivity index (χ0v) is 20.6. The lowest BCUT2D eigenvalue weighted by molar-refractivity contribution is -0.884. The first kappa shape index (κ1) is 26.1. The van der Waals surface area contributed by atoms with Crippen LogP contribution < -0.4 is 0 Å².